The third-order valence-electron chi connectivity index (χ3n) is 9.02. The third kappa shape index (κ3) is 17.3. The first-order valence-electron chi connectivity index (χ1n) is 18.1. The van der Waals surface area contributed by atoms with Crippen LogP contribution < -0.4 is 21.7 Å². The lowest BCUT2D eigenvalue weighted by molar-refractivity contribution is -0.157. The monoisotopic (exact) mass is 699 g/mol. The summed E-state index contributed by atoms with van der Waals surface area (Å²) < 4.78 is 5.74. The maximum absolute atomic E-state index is 13.9. The zero-order valence-electron chi connectivity index (χ0n) is 30.9. The Morgan fingerprint density at radius 3 is 1.86 bits per heavy atom. The minimum atomic E-state index is -1.32. The van der Waals surface area contributed by atoms with E-state index in [1.807, 2.05) is 13.8 Å². The van der Waals surface area contributed by atoms with Crippen molar-refractivity contribution in [2.75, 3.05) is 26.8 Å². The summed E-state index contributed by atoms with van der Waals surface area (Å²) in [6.07, 6.45) is 9.39. The number of nitrogens with zero attached hydrogens (tertiary/aromatic N) is 1. The lowest BCUT2D eigenvalue weighted by Gasteiger charge is -2.34. The van der Waals surface area contributed by atoms with Crippen molar-refractivity contribution in [3.8, 4) is 0 Å². The Morgan fingerprint density at radius 1 is 0.755 bits per heavy atom. The quantitative estimate of drug-likeness (QED) is 0.0545. The molecule has 0 saturated carbocycles. The number of nitrogens with one attached hydrogen (secondary N) is 3. The van der Waals surface area contributed by atoms with Gasteiger partial charge in [-0.3, -0.25) is 28.8 Å². The summed E-state index contributed by atoms with van der Waals surface area (Å²) >= 11 is 0. The van der Waals surface area contributed by atoms with Crippen LogP contribution in [0.1, 0.15) is 119 Å². The van der Waals surface area contributed by atoms with E-state index < -0.39 is 84.7 Å². The first-order chi connectivity index (χ1) is 23.2. The Balaban J connectivity index is 5.88. The molecule has 0 unspecified atom stereocenters. The van der Waals surface area contributed by atoms with Gasteiger partial charge in [0.15, 0.2) is 0 Å². The van der Waals surface area contributed by atoms with E-state index in [1.54, 1.807) is 13.8 Å². The zero-order valence-corrected chi connectivity index (χ0v) is 30.9. The van der Waals surface area contributed by atoms with Crippen molar-refractivity contribution >= 4 is 35.5 Å². The first-order valence-corrected chi connectivity index (χ1v) is 18.1. The number of unbranched alkanes of at least 4 members (excludes halogenated alkanes) is 7. The van der Waals surface area contributed by atoms with Gasteiger partial charge in [0, 0.05) is 7.05 Å². The fraction of sp³-hybridized carbons (Fsp3) is 0.829. The Kier molecular flexibility index (Phi) is 24.0. The number of esters is 1. The third-order valence-corrected chi connectivity index (χ3v) is 9.02. The standard InChI is InChI=1S/C35H65N5O9/c1-8-11-12-13-14-15-16-17-19-28(49-29(43)20-37-32(45)24(5)21-41)25(6)35(48)40(7)27(18-9-2)33(46)39-30(23(4)10-3)34(47)38-26(22-42)31(36)44/h23-28,30,41-42H,8-22H2,1-7H3,(H2,36,44)(H,37,45)(H,38,47)(H,39,46)/t23-,24-,25+,26-,27-,28+,30-/m0/s1. The lowest BCUT2D eigenvalue weighted by atomic mass is 9.95. The predicted molar refractivity (Wildman–Crippen MR) is 187 cm³/mol. The van der Waals surface area contributed by atoms with E-state index in [1.165, 1.54) is 38.1 Å². The number of carbonyl (C=O) groups excluding carboxylic acids is 6. The number of carbonyl (C=O) groups is 6. The number of aliphatic hydroxyl groups is 2. The topological polar surface area (TPSA) is 217 Å². The van der Waals surface area contributed by atoms with Crippen LogP contribution >= 0.6 is 0 Å². The van der Waals surface area contributed by atoms with Crippen LogP contribution in [0.5, 0.6) is 0 Å². The molecule has 5 amide bonds. The molecule has 0 aliphatic carbocycles. The Hall–Kier alpha value is -3.26. The van der Waals surface area contributed by atoms with Gasteiger partial charge in [-0.15, -0.1) is 0 Å². The summed E-state index contributed by atoms with van der Waals surface area (Å²) in [5, 5.41) is 26.2. The van der Waals surface area contributed by atoms with Crippen molar-refractivity contribution in [3.63, 3.8) is 0 Å². The van der Waals surface area contributed by atoms with Crippen molar-refractivity contribution in [1.29, 1.82) is 0 Å². The molecular weight excluding hydrogens is 634 g/mol. The van der Waals surface area contributed by atoms with Crippen LogP contribution in [0.4, 0.5) is 0 Å². The number of nitrogens with two attached hydrogens (primary N) is 1. The number of hydrogen-bond acceptors (Lipinski definition) is 9. The molecule has 0 aromatic rings. The second-order valence-corrected chi connectivity index (χ2v) is 13.2. The van der Waals surface area contributed by atoms with Gasteiger partial charge in [-0.2, -0.15) is 0 Å². The van der Waals surface area contributed by atoms with Gasteiger partial charge in [0.2, 0.25) is 29.5 Å². The zero-order chi connectivity index (χ0) is 37.5. The molecule has 0 spiro atoms. The van der Waals surface area contributed by atoms with Crippen LogP contribution in [0.25, 0.3) is 0 Å². The minimum absolute atomic E-state index is 0.285. The van der Waals surface area contributed by atoms with E-state index in [4.69, 9.17) is 10.5 Å². The summed E-state index contributed by atoms with van der Waals surface area (Å²) in [6.45, 7) is 9.30. The number of amides is 5. The van der Waals surface area contributed by atoms with Gasteiger partial charge in [-0.25, -0.2) is 0 Å². The molecule has 0 fully saturated rings. The van der Waals surface area contributed by atoms with E-state index in [2.05, 4.69) is 22.9 Å². The van der Waals surface area contributed by atoms with Crippen LogP contribution in [0.2, 0.25) is 0 Å². The van der Waals surface area contributed by atoms with Gasteiger partial charge < -0.3 is 41.5 Å². The van der Waals surface area contributed by atoms with Crippen LogP contribution in [-0.4, -0.2) is 102 Å². The van der Waals surface area contributed by atoms with E-state index in [-0.39, 0.29) is 18.9 Å². The van der Waals surface area contributed by atoms with Gasteiger partial charge in [0.1, 0.15) is 30.8 Å². The molecule has 0 radical (unpaired) electrons. The highest BCUT2D eigenvalue weighted by atomic mass is 16.5. The van der Waals surface area contributed by atoms with Gasteiger partial charge in [-0.1, -0.05) is 99.3 Å². The molecular formula is C35H65N5O9. The van der Waals surface area contributed by atoms with E-state index in [9.17, 15) is 39.0 Å². The molecule has 0 rings (SSSR count). The molecule has 14 heteroatoms. The highest BCUT2D eigenvalue weighted by molar-refractivity contribution is 5.94. The molecule has 0 aliphatic heterocycles. The normalized spacial score (nSPS) is 15.4. The van der Waals surface area contributed by atoms with Crippen molar-refractivity contribution in [3.05, 3.63) is 0 Å². The SMILES string of the molecule is CCCCCCCCCC[C@@H](OC(=O)CNC(=O)[C@@H](C)CO)[C@@H](C)C(=O)N(C)[C@@H](CCC)C(=O)N[C@H](C(=O)N[C@@H](CO)C(N)=O)[C@@H](C)CC. The average Bonchev–Trinajstić information content (AvgIpc) is 3.09. The summed E-state index contributed by atoms with van der Waals surface area (Å²) in [4.78, 5) is 78.4. The van der Waals surface area contributed by atoms with Crippen LogP contribution in [0, 0.1) is 17.8 Å². The largest absolute Gasteiger partial charge is 0.460 e. The van der Waals surface area contributed by atoms with Crippen LogP contribution in [0.3, 0.4) is 0 Å². The van der Waals surface area contributed by atoms with E-state index in [0.29, 0.717) is 25.7 Å². The minimum Gasteiger partial charge on any atom is -0.460 e. The van der Waals surface area contributed by atoms with Gasteiger partial charge >= 0.3 is 5.97 Å². The number of hydrogen-bond donors (Lipinski definition) is 6. The second kappa shape index (κ2) is 25.7. The molecule has 0 aromatic carbocycles. The van der Waals surface area contributed by atoms with Crippen molar-refractivity contribution < 1.29 is 43.7 Å². The highest BCUT2D eigenvalue weighted by Crippen LogP contribution is 2.21. The molecule has 0 aliphatic rings. The molecule has 0 aromatic heterocycles. The molecule has 7 N–H and O–H groups in total. The Labute approximate surface area is 293 Å². The Morgan fingerprint density at radius 2 is 1.35 bits per heavy atom. The summed E-state index contributed by atoms with van der Waals surface area (Å²) in [6, 6.07) is -3.34. The van der Waals surface area contributed by atoms with Crippen molar-refractivity contribution in [2.24, 2.45) is 23.5 Å². The number of ether oxygens (including phenoxy) is 1. The molecule has 0 saturated heterocycles. The molecule has 7 atom stereocenters. The lowest BCUT2D eigenvalue weighted by Crippen LogP contribution is -2.59. The molecule has 0 bridgehead atoms. The van der Waals surface area contributed by atoms with E-state index in [0.717, 1.165) is 25.7 Å². The van der Waals surface area contributed by atoms with Crippen LogP contribution in [-0.2, 0) is 33.5 Å². The maximum Gasteiger partial charge on any atom is 0.325 e. The maximum atomic E-state index is 13.9. The summed E-state index contributed by atoms with van der Waals surface area (Å²) in [5.74, 6) is -5.68. The molecule has 0 heterocycles. The van der Waals surface area contributed by atoms with E-state index >= 15 is 0 Å². The average molecular weight is 700 g/mol. The van der Waals surface area contributed by atoms with Gasteiger partial charge in [0.05, 0.1) is 25.0 Å². The molecule has 284 valence electrons. The fourth-order valence-corrected chi connectivity index (χ4v) is 5.34. The number of aliphatic hydroxyl groups excluding tert-OH is 2. The molecule has 49 heavy (non-hydrogen) atoms. The number of rotatable bonds is 27. The number of likely N-dealkylation sites (N-methyl/N-ethyl adjacent to an activating group) is 1. The fourth-order valence-electron chi connectivity index (χ4n) is 5.34. The number of primary amides is 1. The first kappa shape index (κ1) is 45.7. The van der Waals surface area contributed by atoms with Gasteiger partial charge in [0.25, 0.3) is 0 Å². The predicted octanol–water partition coefficient (Wildman–Crippen LogP) is 1.93. The molecule has 14 nitrogen and oxygen atoms in total. The Bertz CT molecular complexity index is 1030. The highest BCUT2D eigenvalue weighted by Gasteiger charge is 2.37. The smallest absolute Gasteiger partial charge is 0.325 e. The van der Waals surface area contributed by atoms with Crippen molar-refractivity contribution in [2.45, 2.75) is 143 Å². The van der Waals surface area contributed by atoms with Crippen molar-refractivity contribution in [1.82, 2.24) is 20.9 Å². The van der Waals surface area contributed by atoms with Crippen LogP contribution in [0.15, 0.2) is 0 Å². The van der Waals surface area contributed by atoms with Gasteiger partial charge in [-0.05, 0) is 25.2 Å². The second-order valence-electron chi connectivity index (χ2n) is 13.2. The summed E-state index contributed by atoms with van der Waals surface area (Å²) in [5.41, 5.74) is 5.26. The summed E-state index contributed by atoms with van der Waals surface area (Å²) in [7, 11) is 1.50.